The molecule has 122 valence electrons. The molecule has 0 atom stereocenters. The van der Waals surface area contributed by atoms with Gasteiger partial charge in [0.2, 0.25) is 0 Å². The van der Waals surface area contributed by atoms with Crippen molar-refractivity contribution in [3.05, 3.63) is 58.4 Å². The highest BCUT2D eigenvalue weighted by Gasteiger charge is 2.34. The van der Waals surface area contributed by atoms with Crippen LogP contribution in [0.15, 0.2) is 45.7 Å². The zero-order valence-corrected chi connectivity index (χ0v) is 14.1. The molecule has 6 nitrogen and oxygen atoms in total. The normalized spacial score (nSPS) is 16.0. The van der Waals surface area contributed by atoms with Gasteiger partial charge in [0.1, 0.15) is 17.3 Å². The van der Waals surface area contributed by atoms with Crippen LogP contribution in [0.3, 0.4) is 0 Å². The molecule has 2 heterocycles. The van der Waals surface area contributed by atoms with Crippen LogP contribution in [-0.4, -0.2) is 26.3 Å². The van der Waals surface area contributed by atoms with Crippen LogP contribution in [0, 0.1) is 6.92 Å². The summed E-state index contributed by atoms with van der Waals surface area (Å²) in [4.78, 5) is 24.9. The molecule has 2 N–H and O–H groups in total. The molecule has 1 aliphatic rings. The van der Waals surface area contributed by atoms with E-state index in [1.807, 2.05) is 0 Å². The van der Waals surface area contributed by atoms with E-state index in [0.29, 0.717) is 10.7 Å². The fourth-order valence-corrected chi connectivity index (χ4v) is 3.20. The zero-order valence-electron chi connectivity index (χ0n) is 12.5. The molecular weight excluding hydrogens is 348 g/mol. The van der Waals surface area contributed by atoms with Gasteiger partial charge in [-0.3, -0.25) is 15.0 Å². The maximum absolute atomic E-state index is 12.4. The predicted molar refractivity (Wildman–Crippen MR) is 94.0 cm³/mol. The van der Waals surface area contributed by atoms with E-state index in [1.54, 1.807) is 25.1 Å². The Hall–Kier alpha value is -2.58. The van der Waals surface area contributed by atoms with Gasteiger partial charge >= 0.3 is 0 Å². The lowest BCUT2D eigenvalue weighted by atomic mass is 10.2. The number of hydrogen-bond acceptors (Lipinski definition) is 6. The molecule has 2 aromatic rings. The SMILES string of the molecule is Cc1ccc(/C=C2/SC(=S)N(NC(=O)c3cccc(O)c3)C2=O)o1. The van der Waals surface area contributed by atoms with Crippen molar-refractivity contribution in [2.24, 2.45) is 0 Å². The van der Waals surface area contributed by atoms with Crippen LogP contribution < -0.4 is 5.43 Å². The maximum atomic E-state index is 12.4. The van der Waals surface area contributed by atoms with Gasteiger partial charge in [-0.05, 0) is 49.5 Å². The lowest BCUT2D eigenvalue weighted by Gasteiger charge is -2.15. The second-order valence-electron chi connectivity index (χ2n) is 4.96. The van der Waals surface area contributed by atoms with Gasteiger partial charge in [0.15, 0.2) is 4.32 Å². The Bertz CT molecular complexity index is 872. The Balaban J connectivity index is 1.77. The topological polar surface area (TPSA) is 82.8 Å². The number of thioether (sulfide) groups is 1. The van der Waals surface area contributed by atoms with Crippen LogP contribution in [0.4, 0.5) is 0 Å². The highest BCUT2D eigenvalue weighted by molar-refractivity contribution is 8.26. The first kappa shape index (κ1) is 16.3. The number of phenolic OH excluding ortho intramolecular Hbond substituents is 1. The molecule has 1 aromatic carbocycles. The Morgan fingerprint density at radius 2 is 2.17 bits per heavy atom. The number of amides is 2. The van der Waals surface area contributed by atoms with Crippen molar-refractivity contribution in [2.45, 2.75) is 6.92 Å². The molecule has 1 aromatic heterocycles. The lowest BCUT2D eigenvalue weighted by molar-refractivity contribution is -0.123. The number of hydrazine groups is 1. The van der Waals surface area contributed by atoms with Crippen molar-refractivity contribution in [2.75, 3.05) is 0 Å². The minimum atomic E-state index is -0.544. The van der Waals surface area contributed by atoms with Crippen LogP contribution in [0.25, 0.3) is 6.08 Å². The van der Waals surface area contributed by atoms with Crippen molar-refractivity contribution in [3.8, 4) is 5.75 Å². The van der Waals surface area contributed by atoms with Crippen molar-refractivity contribution in [1.82, 2.24) is 10.4 Å². The molecule has 0 aliphatic carbocycles. The van der Waals surface area contributed by atoms with E-state index in [1.165, 1.54) is 24.3 Å². The Morgan fingerprint density at radius 3 is 2.83 bits per heavy atom. The first-order valence-electron chi connectivity index (χ1n) is 6.88. The van der Waals surface area contributed by atoms with Crippen molar-refractivity contribution in [1.29, 1.82) is 0 Å². The number of nitrogens with one attached hydrogen (secondary N) is 1. The lowest BCUT2D eigenvalue weighted by Crippen LogP contribution is -2.44. The smallest absolute Gasteiger partial charge is 0.285 e. The monoisotopic (exact) mass is 360 g/mol. The summed E-state index contributed by atoms with van der Waals surface area (Å²) < 4.78 is 5.62. The van der Waals surface area contributed by atoms with Gasteiger partial charge in [-0.25, -0.2) is 0 Å². The number of hydrogen-bond donors (Lipinski definition) is 2. The third-order valence-electron chi connectivity index (χ3n) is 3.15. The van der Waals surface area contributed by atoms with Crippen molar-refractivity contribution < 1.29 is 19.1 Å². The molecule has 1 aliphatic heterocycles. The predicted octanol–water partition coefficient (Wildman–Crippen LogP) is 2.84. The van der Waals surface area contributed by atoms with Crippen LogP contribution in [0.2, 0.25) is 0 Å². The third-order valence-corrected chi connectivity index (χ3v) is 4.45. The van der Waals surface area contributed by atoms with Crippen LogP contribution in [0.1, 0.15) is 21.9 Å². The van der Waals surface area contributed by atoms with Gasteiger partial charge in [0.05, 0.1) is 4.91 Å². The maximum Gasteiger partial charge on any atom is 0.285 e. The highest BCUT2D eigenvalue weighted by atomic mass is 32.2. The molecule has 8 heteroatoms. The molecule has 0 unspecified atom stereocenters. The number of rotatable bonds is 3. The van der Waals surface area contributed by atoms with E-state index in [0.717, 1.165) is 22.5 Å². The molecule has 0 radical (unpaired) electrons. The number of aryl methyl sites for hydroxylation is 1. The van der Waals surface area contributed by atoms with Gasteiger partial charge in [-0.1, -0.05) is 17.8 Å². The molecule has 1 fully saturated rings. The molecule has 1 saturated heterocycles. The van der Waals surface area contributed by atoms with Crippen molar-refractivity contribution >= 4 is 46.2 Å². The Morgan fingerprint density at radius 1 is 1.38 bits per heavy atom. The second-order valence-corrected chi connectivity index (χ2v) is 6.63. The highest BCUT2D eigenvalue weighted by Crippen LogP contribution is 2.31. The van der Waals surface area contributed by atoms with E-state index < -0.39 is 11.8 Å². The van der Waals surface area contributed by atoms with E-state index in [9.17, 15) is 14.7 Å². The number of phenols is 1. The molecular formula is C16H12N2O4S2. The number of nitrogens with zero attached hydrogens (tertiary/aromatic N) is 1. The summed E-state index contributed by atoms with van der Waals surface area (Å²) in [6, 6.07) is 9.34. The first-order chi connectivity index (χ1) is 11.4. The molecule has 3 rings (SSSR count). The minimum absolute atomic E-state index is 0.0406. The summed E-state index contributed by atoms with van der Waals surface area (Å²) in [6.07, 6.45) is 1.58. The molecule has 0 spiro atoms. The summed E-state index contributed by atoms with van der Waals surface area (Å²) in [5, 5.41) is 10.4. The summed E-state index contributed by atoms with van der Waals surface area (Å²) in [6.45, 7) is 1.80. The second kappa shape index (κ2) is 6.50. The van der Waals surface area contributed by atoms with E-state index in [2.05, 4.69) is 5.43 Å². The number of carbonyl (C=O) groups is 2. The van der Waals surface area contributed by atoms with E-state index in [-0.39, 0.29) is 15.6 Å². The number of furan rings is 1. The summed E-state index contributed by atoms with van der Waals surface area (Å²) >= 11 is 6.21. The van der Waals surface area contributed by atoms with E-state index in [4.69, 9.17) is 16.6 Å². The standard InChI is InChI=1S/C16H12N2O4S2/c1-9-5-6-12(22-9)8-13-15(21)18(16(23)24-13)17-14(20)10-3-2-4-11(19)7-10/h2-8,19H,1H3,(H,17,20)/b13-8+. The van der Waals surface area contributed by atoms with Crippen LogP contribution in [0.5, 0.6) is 5.75 Å². The largest absolute Gasteiger partial charge is 0.508 e. The first-order valence-corrected chi connectivity index (χ1v) is 8.11. The number of benzene rings is 1. The number of thiocarbonyl (C=S) groups is 1. The van der Waals surface area contributed by atoms with Crippen LogP contribution in [-0.2, 0) is 4.79 Å². The van der Waals surface area contributed by atoms with Crippen LogP contribution >= 0.6 is 24.0 Å². The Labute approximate surface area is 147 Å². The van der Waals surface area contributed by atoms with Gasteiger partial charge < -0.3 is 9.52 Å². The third kappa shape index (κ3) is 3.34. The summed E-state index contributed by atoms with van der Waals surface area (Å²) in [7, 11) is 0. The van der Waals surface area contributed by atoms with Gasteiger partial charge in [0, 0.05) is 11.6 Å². The summed E-state index contributed by atoms with van der Waals surface area (Å²) in [5.74, 6) is 0.243. The molecule has 0 bridgehead atoms. The van der Waals surface area contributed by atoms with Crippen molar-refractivity contribution in [3.63, 3.8) is 0 Å². The number of carbonyl (C=O) groups excluding carboxylic acids is 2. The average molecular weight is 360 g/mol. The molecule has 2 amide bonds. The van der Waals surface area contributed by atoms with E-state index >= 15 is 0 Å². The quantitative estimate of drug-likeness (QED) is 0.647. The minimum Gasteiger partial charge on any atom is -0.508 e. The van der Waals surface area contributed by atoms with Gasteiger partial charge in [0.25, 0.3) is 11.8 Å². The average Bonchev–Trinajstić information content (AvgIpc) is 3.06. The van der Waals surface area contributed by atoms with Gasteiger partial charge in [-0.15, -0.1) is 0 Å². The molecule has 24 heavy (non-hydrogen) atoms. The Kier molecular flexibility index (Phi) is 4.41. The van der Waals surface area contributed by atoms with Gasteiger partial charge in [-0.2, -0.15) is 5.01 Å². The summed E-state index contributed by atoms with van der Waals surface area (Å²) in [5.41, 5.74) is 2.66. The fraction of sp³-hybridized carbons (Fsp3) is 0.0625. The zero-order chi connectivity index (χ0) is 17.3. The number of aromatic hydroxyl groups is 1. The molecule has 0 saturated carbocycles. The fourth-order valence-electron chi connectivity index (χ4n) is 2.04.